The summed E-state index contributed by atoms with van der Waals surface area (Å²) >= 11 is 0. The quantitative estimate of drug-likeness (QED) is 0.779. The van der Waals surface area contributed by atoms with Crippen molar-refractivity contribution < 1.29 is 14.6 Å². The summed E-state index contributed by atoms with van der Waals surface area (Å²) in [7, 11) is 2.98. The normalized spacial score (nSPS) is 9.29. The van der Waals surface area contributed by atoms with Gasteiger partial charge in [0.1, 0.15) is 17.6 Å². The predicted octanol–water partition coefficient (Wildman–Crippen LogP) is 1.07. The van der Waals surface area contributed by atoms with Crippen molar-refractivity contribution in [2.24, 2.45) is 0 Å². The van der Waals surface area contributed by atoms with E-state index < -0.39 is 0 Å². The number of nitriles is 1. The van der Waals surface area contributed by atoms with Gasteiger partial charge in [-0.05, 0) is 6.07 Å². The minimum atomic E-state index is -0.165. The third-order valence-corrected chi connectivity index (χ3v) is 1.89. The molecule has 0 aromatic heterocycles. The summed E-state index contributed by atoms with van der Waals surface area (Å²) in [5.41, 5.74) is 0.960. The summed E-state index contributed by atoms with van der Waals surface area (Å²) in [6.07, 6.45) is 0. The highest BCUT2D eigenvalue weighted by Crippen LogP contribution is 2.28. The van der Waals surface area contributed by atoms with Gasteiger partial charge in [0.25, 0.3) is 0 Å². The second-order valence-electron chi connectivity index (χ2n) is 2.63. The van der Waals surface area contributed by atoms with E-state index in [4.69, 9.17) is 19.8 Å². The number of nitrogens with zero attached hydrogens (tertiary/aromatic N) is 1. The van der Waals surface area contributed by atoms with E-state index in [1.807, 2.05) is 6.07 Å². The molecule has 0 fully saturated rings. The number of hydrogen-bond donors (Lipinski definition) is 1. The van der Waals surface area contributed by atoms with Crippen LogP contribution in [0.2, 0.25) is 0 Å². The molecule has 0 bridgehead atoms. The SMILES string of the molecule is COc1cc(OC)c(CO)cc1C#N. The van der Waals surface area contributed by atoms with Gasteiger partial charge in [0.05, 0.1) is 26.4 Å². The molecule has 0 aliphatic heterocycles. The van der Waals surface area contributed by atoms with Crippen LogP contribution >= 0.6 is 0 Å². The number of rotatable bonds is 3. The van der Waals surface area contributed by atoms with Crippen LogP contribution in [0.25, 0.3) is 0 Å². The van der Waals surface area contributed by atoms with Crippen LogP contribution in [0.4, 0.5) is 0 Å². The smallest absolute Gasteiger partial charge is 0.140 e. The summed E-state index contributed by atoms with van der Waals surface area (Å²) in [5.74, 6) is 0.963. The van der Waals surface area contributed by atoms with Crippen molar-refractivity contribution in [1.29, 1.82) is 5.26 Å². The van der Waals surface area contributed by atoms with Crippen LogP contribution in [0, 0.1) is 11.3 Å². The van der Waals surface area contributed by atoms with E-state index in [1.165, 1.54) is 14.2 Å². The average Bonchev–Trinajstić information content (AvgIpc) is 2.26. The Hall–Kier alpha value is -1.73. The van der Waals surface area contributed by atoms with Gasteiger partial charge >= 0.3 is 0 Å². The molecular formula is C10H11NO3. The Bertz CT molecular complexity index is 368. The molecule has 0 spiro atoms. The highest BCUT2D eigenvalue weighted by molar-refractivity contribution is 5.51. The molecule has 0 saturated heterocycles. The maximum absolute atomic E-state index is 9.00. The first kappa shape index (κ1) is 10.4. The lowest BCUT2D eigenvalue weighted by Crippen LogP contribution is -1.96. The molecule has 0 aliphatic carbocycles. The van der Waals surface area contributed by atoms with Crippen molar-refractivity contribution in [3.8, 4) is 17.6 Å². The molecule has 1 rings (SSSR count). The summed E-state index contributed by atoms with van der Waals surface area (Å²) in [6, 6.07) is 5.12. The average molecular weight is 193 g/mol. The molecule has 0 radical (unpaired) electrons. The van der Waals surface area contributed by atoms with E-state index in [0.717, 1.165) is 0 Å². The minimum absolute atomic E-state index is 0.165. The number of ether oxygens (including phenoxy) is 2. The number of benzene rings is 1. The summed E-state index contributed by atoms with van der Waals surface area (Å²) in [6.45, 7) is -0.165. The second kappa shape index (κ2) is 4.49. The van der Waals surface area contributed by atoms with E-state index in [1.54, 1.807) is 12.1 Å². The Morgan fingerprint density at radius 1 is 1.29 bits per heavy atom. The standard InChI is InChI=1S/C10H11NO3/c1-13-9-4-10(14-2)8(6-12)3-7(9)5-11/h3-4,12H,6H2,1-2H3. The number of aliphatic hydroxyl groups is 1. The van der Waals surface area contributed by atoms with Crippen molar-refractivity contribution >= 4 is 0 Å². The lowest BCUT2D eigenvalue weighted by atomic mass is 10.1. The molecule has 1 aromatic carbocycles. The van der Waals surface area contributed by atoms with Crippen molar-refractivity contribution in [2.45, 2.75) is 6.61 Å². The first-order valence-electron chi connectivity index (χ1n) is 4.02. The Morgan fingerprint density at radius 2 is 1.93 bits per heavy atom. The zero-order valence-corrected chi connectivity index (χ0v) is 8.07. The highest BCUT2D eigenvalue weighted by atomic mass is 16.5. The molecule has 14 heavy (non-hydrogen) atoms. The van der Waals surface area contributed by atoms with Gasteiger partial charge in [-0.25, -0.2) is 0 Å². The molecule has 74 valence electrons. The number of aliphatic hydroxyl groups excluding tert-OH is 1. The molecule has 4 heteroatoms. The van der Waals surface area contributed by atoms with Gasteiger partial charge in [0.2, 0.25) is 0 Å². The van der Waals surface area contributed by atoms with Gasteiger partial charge in [0, 0.05) is 11.6 Å². The fourth-order valence-electron chi connectivity index (χ4n) is 1.18. The van der Waals surface area contributed by atoms with Gasteiger partial charge in [-0.3, -0.25) is 0 Å². The van der Waals surface area contributed by atoms with E-state index in [-0.39, 0.29) is 6.61 Å². The number of hydrogen-bond acceptors (Lipinski definition) is 4. The van der Waals surface area contributed by atoms with Crippen molar-refractivity contribution in [3.63, 3.8) is 0 Å². The fraction of sp³-hybridized carbons (Fsp3) is 0.300. The monoisotopic (exact) mass is 193 g/mol. The molecule has 0 amide bonds. The Kier molecular flexibility index (Phi) is 3.32. The molecule has 1 aromatic rings. The first-order valence-corrected chi connectivity index (χ1v) is 4.02. The zero-order chi connectivity index (χ0) is 10.6. The van der Waals surface area contributed by atoms with Gasteiger partial charge in [-0.1, -0.05) is 0 Å². The summed E-state index contributed by atoms with van der Waals surface area (Å²) in [5, 5.41) is 17.8. The van der Waals surface area contributed by atoms with Crippen LogP contribution in [0.3, 0.4) is 0 Å². The van der Waals surface area contributed by atoms with E-state index in [2.05, 4.69) is 0 Å². The van der Waals surface area contributed by atoms with Gasteiger partial charge in [-0.2, -0.15) is 5.26 Å². The molecule has 0 aliphatic rings. The summed E-state index contributed by atoms with van der Waals surface area (Å²) < 4.78 is 10.0. The topological polar surface area (TPSA) is 62.5 Å². The Balaban J connectivity index is 3.30. The Morgan fingerprint density at radius 3 is 2.36 bits per heavy atom. The maximum Gasteiger partial charge on any atom is 0.140 e. The third kappa shape index (κ3) is 1.78. The van der Waals surface area contributed by atoms with Gasteiger partial charge in [0.15, 0.2) is 0 Å². The van der Waals surface area contributed by atoms with Crippen molar-refractivity contribution in [2.75, 3.05) is 14.2 Å². The first-order chi connectivity index (χ1) is 6.76. The highest BCUT2D eigenvalue weighted by Gasteiger charge is 2.09. The van der Waals surface area contributed by atoms with Crippen molar-refractivity contribution in [1.82, 2.24) is 0 Å². The van der Waals surface area contributed by atoms with Crippen LogP contribution in [-0.4, -0.2) is 19.3 Å². The van der Waals surface area contributed by atoms with Crippen molar-refractivity contribution in [3.05, 3.63) is 23.3 Å². The lowest BCUT2D eigenvalue weighted by Gasteiger charge is -2.09. The second-order valence-corrected chi connectivity index (χ2v) is 2.63. The number of methoxy groups -OCH3 is 2. The molecule has 0 atom stereocenters. The maximum atomic E-state index is 9.00. The third-order valence-electron chi connectivity index (χ3n) is 1.89. The van der Waals surface area contributed by atoms with Crippen LogP contribution < -0.4 is 9.47 Å². The van der Waals surface area contributed by atoms with Crippen LogP contribution in [-0.2, 0) is 6.61 Å². The van der Waals surface area contributed by atoms with Crippen LogP contribution in [0.15, 0.2) is 12.1 Å². The molecule has 4 nitrogen and oxygen atoms in total. The zero-order valence-electron chi connectivity index (χ0n) is 8.07. The van der Waals surface area contributed by atoms with Gasteiger partial charge < -0.3 is 14.6 Å². The largest absolute Gasteiger partial charge is 0.496 e. The Labute approximate surface area is 82.3 Å². The van der Waals surface area contributed by atoms with E-state index >= 15 is 0 Å². The molecule has 0 heterocycles. The molecule has 0 unspecified atom stereocenters. The minimum Gasteiger partial charge on any atom is -0.496 e. The van der Waals surface area contributed by atoms with Crippen LogP contribution in [0.1, 0.15) is 11.1 Å². The molecule has 1 N–H and O–H groups in total. The predicted molar refractivity (Wildman–Crippen MR) is 50.2 cm³/mol. The van der Waals surface area contributed by atoms with E-state index in [9.17, 15) is 0 Å². The van der Waals surface area contributed by atoms with Crippen LogP contribution in [0.5, 0.6) is 11.5 Å². The molecule has 0 saturated carbocycles. The molecular weight excluding hydrogens is 182 g/mol. The lowest BCUT2D eigenvalue weighted by molar-refractivity contribution is 0.273. The fourth-order valence-corrected chi connectivity index (χ4v) is 1.18. The summed E-state index contributed by atoms with van der Waals surface area (Å²) in [4.78, 5) is 0. The van der Waals surface area contributed by atoms with Gasteiger partial charge in [-0.15, -0.1) is 0 Å². The van der Waals surface area contributed by atoms with E-state index in [0.29, 0.717) is 22.6 Å².